The summed E-state index contributed by atoms with van der Waals surface area (Å²) in [6.45, 7) is 0. The van der Waals surface area contributed by atoms with Gasteiger partial charge in [-0.15, -0.1) is 0 Å². The standard InChI is InChI=1S/C20H16N2O5/c1-26-19-8-3-2-7-18(19)21-20(23)14-5-4-6-17(13-14)27-16-11-9-15(10-12-16)22(24)25/h2-13H,1H3,(H,21,23). The van der Waals surface area contributed by atoms with E-state index in [-0.39, 0.29) is 11.6 Å². The lowest BCUT2D eigenvalue weighted by atomic mass is 10.2. The van der Waals surface area contributed by atoms with Gasteiger partial charge in [-0.05, 0) is 42.5 Å². The second-order valence-electron chi connectivity index (χ2n) is 5.54. The molecule has 0 heterocycles. The van der Waals surface area contributed by atoms with E-state index >= 15 is 0 Å². The Morgan fingerprint density at radius 2 is 1.70 bits per heavy atom. The Morgan fingerprint density at radius 3 is 2.41 bits per heavy atom. The summed E-state index contributed by atoms with van der Waals surface area (Å²) in [4.78, 5) is 22.7. The minimum Gasteiger partial charge on any atom is -0.495 e. The molecule has 0 saturated heterocycles. The zero-order valence-electron chi connectivity index (χ0n) is 14.4. The first-order valence-corrected chi connectivity index (χ1v) is 8.03. The van der Waals surface area contributed by atoms with E-state index in [0.29, 0.717) is 28.5 Å². The van der Waals surface area contributed by atoms with Crippen LogP contribution in [0.25, 0.3) is 0 Å². The molecule has 0 aliphatic heterocycles. The highest BCUT2D eigenvalue weighted by atomic mass is 16.6. The molecule has 7 nitrogen and oxygen atoms in total. The van der Waals surface area contributed by atoms with Gasteiger partial charge in [0.2, 0.25) is 0 Å². The lowest BCUT2D eigenvalue weighted by molar-refractivity contribution is -0.384. The minimum atomic E-state index is -0.480. The van der Waals surface area contributed by atoms with Crippen LogP contribution in [-0.4, -0.2) is 17.9 Å². The van der Waals surface area contributed by atoms with Gasteiger partial charge in [0.25, 0.3) is 11.6 Å². The number of ether oxygens (including phenoxy) is 2. The molecule has 0 unspecified atom stereocenters. The van der Waals surface area contributed by atoms with E-state index in [4.69, 9.17) is 9.47 Å². The smallest absolute Gasteiger partial charge is 0.269 e. The molecule has 0 saturated carbocycles. The number of nitro groups is 1. The average Bonchev–Trinajstić information content (AvgIpc) is 2.69. The summed E-state index contributed by atoms with van der Waals surface area (Å²) in [6.07, 6.45) is 0. The number of anilines is 1. The van der Waals surface area contributed by atoms with Crippen LogP contribution in [0.2, 0.25) is 0 Å². The van der Waals surface area contributed by atoms with Crippen LogP contribution < -0.4 is 14.8 Å². The molecule has 3 rings (SSSR count). The Balaban J connectivity index is 1.74. The Hall–Kier alpha value is -3.87. The number of nitrogens with one attached hydrogen (secondary N) is 1. The first kappa shape index (κ1) is 17.9. The number of carbonyl (C=O) groups is 1. The van der Waals surface area contributed by atoms with Crippen LogP contribution >= 0.6 is 0 Å². The first-order chi connectivity index (χ1) is 13.1. The van der Waals surface area contributed by atoms with Gasteiger partial charge in [-0.2, -0.15) is 0 Å². The van der Waals surface area contributed by atoms with Gasteiger partial charge < -0.3 is 14.8 Å². The molecule has 136 valence electrons. The minimum absolute atomic E-state index is 0.0210. The van der Waals surface area contributed by atoms with Crippen LogP contribution in [0.15, 0.2) is 72.8 Å². The van der Waals surface area contributed by atoms with Gasteiger partial charge in [-0.1, -0.05) is 18.2 Å². The van der Waals surface area contributed by atoms with Crippen molar-refractivity contribution in [3.63, 3.8) is 0 Å². The quantitative estimate of drug-likeness (QED) is 0.508. The highest BCUT2D eigenvalue weighted by molar-refractivity contribution is 6.05. The highest BCUT2D eigenvalue weighted by Gasteiger charge is 2.11. The van der Waals surface area contributed by atoms with Crippen LogP contribution in [0.1, 0.15) is 10.4 Å². The molecule has 1 amide bonds. The first-order valence-electron chi connectivity index (χ1n) is 8.03. The van der Waals surface area contributed by atoms with Crippen molar-refractivity contribution in [1.82, 2.24) is 0 Å². The van der Waals surface area contributed by atoms with Crippen molar-refractivity contribution in [1.29, 1.82) is 0 Å². The van der Waals surface area contributed by atoms with Gasteiger partial charge >= 0.3 is 0 Å². The summed E-state index contributed by atoms with van der Waals surface area (Å²) >= 11 is 0. The third-order valence-corrected chi connectivity index (χ3v) is 3.73. The number of carbonyl (C=O) groups excluding carboxylic acids is 1. The van der Waals surface area contributed by atoms with E-state index in [2.05, 4.69) is 5.32 Å². The number of benzene rings is 3. The molecule has 0 radical (unpaired) electrons. The Bertz CT molecular complexity index is 970. The van der Waals surface area contributed by atoms with Crippen molar-refractivity contribution >= 4 is 17.3 Å². The number of nitrogens with zero attached hydrogens (tertiary/aromatic N) is 1. The third-order valence-electron chi connectivity index (χ3n) is 3.73. The van der Waals surface area contributed by atoms with Crippen molar-refractivity contribution in [2.45, 2.75) is 0 Å². The summed E-state index contributed by atoms with van der Waals surface area (Å²) in [6, 6.07) is 19.5. The largest absolute Gasteiger partial charge is 0.495 e. The van der Waals surface area contributed by atoms with E-state index in [9.17, 15) is 14.9 Å². The lowest BCUT2D eigenvalue weighted by Crippen LogP contribution is -2.12. The molecule has 3 aromatic rings. The molecule has 0 bridgehead atoms. The molecular weight excluding hydrogens is 348 g/mol. The van der Waals surface area contributed by atoms with Gasteiger partial charge in [0, 0.05) is 17.7 Å². The molecule has 0 fully saturated rings. The fourth-order valence-corrected chi connectivity index (χ4v) is 2.42. The molecule has 3 aromatic carbocycles. The number of amides is 1. The van der Waals surface area contributed by atoms with Crippen molar-refractivity contribution in [3.05, 3.63) is 88.5 Å². The number of hydrogen-bond donors (Lipinski definition) is 1. The molecule has 0 spiro atoms. The normalized spacial score (nSPS) is 10.1. The fourth-order valence-electron chi connectivity index (χ4n) is 2.42. The molecule has 0 atom stereocenters. The molecule has 27 heavy (non-hydrogen) atoms. The second kappa shape index (κ2) is 8.01. The maximum absolute atomic E-state index is 12.5. The van der Waals surface area contributed by atoms with Gasteiger partial charge in [0.05, 0.1) is 17.7 Å². The lowest BCUT2D eigenvalue weighted by Gasteiger charge is -2.11. The highest BCUT2D eigenvalue weighted by Crippen LogP contribution is 2.26. The predicted molar refractivity (Wildman–Crippen MR) is 101 cm³/mol. The van der Waals surface area contributed by atoms with Crippen molar-refractivity contribution in [3.8, 4) is 17.2 Å². The van der Waals surface area contributed by atoms with E-state index in [1.807, 2.05) is 6.07 Å². The molecular formula is C20H16N2O5. The summed E-state index contributed by atoms with van der Waals surface area (Å²) in [5, 5.41) is 13.5. The number of rotatable bonds is 6. The maximum Gasteiger partial charge on any atom is 0.269 e. The SMILES string of the molecule is COc1ccccc1NC(=O)c1cccc(Oc2ccc([N+](=O)[O-])cc2)c1. The number of hydrogen-bond acceptors (Lipinski definition) is 5. The zero-order chi connectivity index (χ0) is 19.2. The van der Waals surface area contributed by atoms with Gasteiger partial charge in [-0.25, -0.2) is 0 Å². The van der Waals surface area contributed by atoms with E-state index in [0.717, 1.165) is 0 Å². The second-order valence-corrected chi connectivity index (χ2v) is 5.54. The van der Waals surface area contributed by atoms with Gasteiger partial charge in [0.15, 0.2) is 0 Å². The summed E-state index contributed by atoms with van der Waals surface area (Å²) in [5.74, 6) is 1.12. The molecule has 0 aliphatic carbocycles. The van der Waals surface area contributed by atoms with E-state index in [1.54, 1.807) is 42.5 Å². The fraction of sp³-hybridized carbons (Fsp3) is 0.0500. The van der Waals surface area contributed by atoms with Crippen LogP contribution in [0.3, 0.4) is 0 Å². The number of para-hydroxylation sites is 2. The summed E-state index contributed by atoms with van der Waals surface area (Å²) < 4.78 is 10.9. The molecule has 0 aromatic heterocycles. The Morgan fingerprint density at radius 1 is 0.963 bits per heavy atom. The molecule has 7 heteroatoms. The van der Waals surface area contributed by atoms with Crippen LogP contribution in [0.4, 0.5) is 11.4 Å². The van der Waals surface area contributed by atoms with Gasteiger partial charge in [0.1, 0.15) is 17.2 Å². The van der Waals surface area contributed by atoms with Gasteiger partial charge in [-0.3, -0.25) is 14.9 Å². The third kappa shape index (κ3) is 4.40. The van der Waals surface area contributed by atoms with Crippen molar-refractivity contribution in [2.24, 2.45) is 0 Å². The van der Waals surface area contributed by atoms with Crippen LogP contribution in [0, 0.1) is 10.1 Å². The zero-order valence-corrected chi connectivity index (χ0v) is 14.4. The summed E-state index contributed by atoms with van der Waals surface area (Å²) in [7, 11) is 1.53. The topological polar surface area (TPSA) is 90.7 Å². The molecule has 0 aliphatic rings. The average molecular weight is 364 g/mol. The predicted octanol–water partition coefficient (Wildman–Crippen LogP) is 4.65. The molecule has 1 N–H and O–H groups in total. The monoisotopic (exact) mass is 364 g/mol. The van der Waals surface area contributed by atoms with Crippen LogP contribution in [0.5, 0.6) is 17.2 Å². The van der Waals surface area contributed by atoms with E-state index in [1.165, 1.54) is 31.4 Å². The maximum atomic E-state index is 12.5. The van der Waals surface area contributed by atoms with Crippen molar-refractivity contribution in [2.75, 3.05) is 12.4 Å². The number of nitro benzene ring substituents is 1. The van der Waals surface area contributed by atoms with Crippen LogP contribution in [-0.2, 0) is 0 Å². The Kier molecular flexibility index (Phi) is 5.32. The Labute approximate surface area is 155 Å². The van der Waals surface area contributed by atoms with Crippen molar-refractivity contribution < 1.29 is 19.2 Å². The van der Waals surface area contributed by atoms with E-state index < -0.39 is 4.92 Å². The number of non-ortho nitro benzene ring substituents is 1. The number of methoxy groups -OCH3 is 1. The summed E-state index contributed by atoms with van der Waals surface area (Å²) in [5.41, 5.74) is 0.944.